The Bertz CT molecular complexity index is 387. The maximum atomic E-state index is 9.91. The van der Waals surface area contributed by atoms with Gasteiger partial charge in [-0.3, -0.25) is 0 Å². The van der Waals surface area contributed by atoms with E-state index in [0.717, 1.165) is 43.6 Å². The maximum absolute atomic E-state index is 9.91. The average Bonchev–Trinajstić information content (AvgIpc) is 2.37. The van der Waals surface area contributed by atoms with Crippen LogP contribution >= 0.6 is 0 Å². The Morgan fingerprint density at radius 1 is 1.41 bits per heavy atom. The first kappa shape index (κ1) is 12.2. The van der Waals surface area contributed by atoms with E-state index in [2.05, 4.69) is 0 Å². The van der Waals surface area contributed by atoms with E-state index in [9.17, 15) is 5.11 Å². The highest BCUT2D eigenvalue weighted by molar-refractivity contribution is 5.50. The smallest absolute Gasteiger partial charge is 0.129 e. The normalized spacial score (nSPS) is 16.1. The molecule has 0 aromatic heterocycles. The quantitative estimate of drug-likeness (QED) is 0.843. The predicted molar refractivity (Wildman–Crippen MR) is 66.5 cm³/mol. The Hall–Kier alpha value is -1.22. The van der Waals surface area contributed by atoms with Gasteiger partial charge in [0, 0.05) is 12.2 Å². The molecule has 0 amide bonds. The number of phenolic OH excluding ortho intramolecular Hbond substituents is 1. The van der Waals surface area contributed by atoms with E-state index in [-0.39, 0.29) is 12.5 Å². The van der Waals surface area contributed by atoms with E-state index in [4.69, 9.17) is 9.84 Å². The molecule has 2 rings (SSSR count). The average molecular weight is 236 g/mol. The van der Waals surface area contributed by atoms with Gasteiger partial charge in [0.05, 0.1) is 6.61 Å². The third kappa shape index (κ3) is 2.72. The van der Waals surface area contributed by atoms with Crippen LogP contribution in [0.4, 0.5) is 0 Å². The first-order chi connectivity index (χ1) is 8.22. The number of benzene rings is 1. The van der Waals surface area contributed by atoms with Crippen LogP contribution < -0.4 is 4.74 Å². The number of aryl methyl sites for hydroxylation is 1. The molecule has 3 nitrogen and oxygen atoms in total. The van der Waals surface area contributed by atoms with E-state index >= 15 is 0 Å². The highest BCUT2D eigenvalue weighted by Crippen LogP contribution is 2.36. The van der Waals surface area contributed by atoms with Gasteiger partial charge in [-0.2, -0.15) is 0 Å². The van der Waals surface area contributed by atoms with Crippen LogP contribution in [-0.2, 0) is 12.8 Å². The van der Waals surface area contributed by atoms with Gasteiger partial charge in [0.2, 0.25) is 0 Å². The SMILES string of the molecule is CC(CO)CCc1c(O)ccc2c1OCCC2. The zero-order valence-corrected chi connectivity index (χ0v) is 10.3. The Labute approximate surface area is 102 Å². The van der Waals surface area contributed by atoms with Crippen LogP contribution in [0.5, 0.6) is 11.5 Å². The molecular formula is C14H20O3. The molecule has 0 saturated heterocycles. The molecule has 1 aromatic carbocycles. The Balaban J connectivity index is 2.19. The van der Waals surface area contributed by atoms with Crippen LogP contribution in [0.2, 0.25) is 0 Å². The van der Waals surface area contributed by atoms with Crippen LogP contribution in [0.3, 0.4) is 0 Å². The minimum absolute atomic E-state index is 0.191. The van der Waals surface area contributed by atoms with Crippen LogP contribution in [0.15, 0.2) is 12.1 Å². The predicted octanol–water partition coefficient (Wildman–Crippen LogP) is 2.28. The molecule has 0 saturated carbocycles. The molecular weight excluding hydrogens is 216 g/mol. The molecule has 0 bridgehead atoms. The lowest BCUT2D eigenvalue weighted by Crippen LogP contribution is -2.11. The molecule has 1 aliphatic heterocycles. The minimum Gasteiger partial charge on any atom is -0.508 e. The van der Waals surface area contributed by atoms with Crippen molar-refractivity contribution >= 4 is 0 Å². The molecule has 2 N–H and O–H groups in total. The lowest BCUT2D eigenvalue weighted by molar-refractivity contribution is 0.229. The Morgan fingerprint density at radius 2 is 2.24 bits per heavy atom. The van der Waals surface area contributed by atoms with Gasteiger partial charge in [0.15, 0.2) is 0 Å². The van der Waals surface area contributed by atoms with Crippen LogP contribution in [0, 0.1) is 5.92 Å². The van der Waals surface area contributed by atoms with Crippen LogP contribution in [-0.4, -0.2) is 23.4 Å². The van der Waals surface area contributed by atoms with Gasteiger partial charge in [0.1, 0.15) is 11.5 Å². The van der Waals surface area contributed by atoms with Crippen molar-refractivity contribution in [3.05, 3.63) is 23.3 Å². The summed E-state index contributed by atoms with van der Waals surface area (Å²) >= 11 is 0. The standard InChI is InChI=1S/C14H20O3/c1-10(9-15)4-6-12-13(16)7-5-11-3-2-8-17-14(11)12/h5,7,10,15-16H,2-4,6,8-9H2,1H3. The third-order valence-corrected chi connectivity index (χ3v) is 3.35. The molecule has 1 unspecified atom stereocenters. The van der Waals surface area contributed by atoms with Gasteiger partial charge >= 0.3 is 0 Å². The number of hydrogen-bond acceptors (Lipinski definition) is 3. The highest BCUT2D eigenvalue weighted by Gasteiger charge is 2.18. The molecule has 1 atom stereocenters. The molecule has 1 heterocycles. The molecule has 94 valence electrons. The highest BCUT2D eigenvalue weighted by atomic mass is 16.5. The number of rotatable bonds is 4. The summed E-state index contributed by atoms with van der Waals surface area (Å²) in [6.07, 6.45) is 3.70. The van der Waals surface area contributed by atoms with Crippen LogP contribution in [0.25, 0.3) is 0 Å². The first-order valence-corrected chi connectivity index (χ1v) is 6.29. The molecule has 1 aromatic rings. The van der Waals surface area contributed by atoms with Crippen molar-refractivity contribution in [1.82, 2.24) is 0 Å². The van der Waals surface area contributed by atoms with E-state index < -0.39 is 0 Å². The minimum atomic E-state index is 0.191. The lowest BCUT2D eigenvalue weighted by atomic mass is 9.96. The van der Waals surface area contributed by atoms with E-state index in [1.54, 1.807) is 6.07 Å². The summed E-state index contributed by atoms with van der Waals surface area (Å²) in [6.45, 7) is 2.93. The summed E-state index contributed by atoms with van der Waals surface area (Å²) in [5.74, 6) is 1.45. The van der Waals surface area contributed by atoms with Gasteiger partial charge in [-0.1, -0.05) is 13.0 Å². The summed E-state index contributed by atoms with van der Waals surface area (Å²) in [5.41, 5.74) is 2.10. The fraction of sp³-hybridized carbons (Fsp3) is 0.571. The third-order valence-electron chi connectivity index (χ3n) is 3.35. The second kappa shape index (κ2) is 5.41. The fourth-order valence-corrected chi connectivity index (χ4v) is 2.20. The molecule has 0 fully saturated rings. The van der Waals surface area contributed by atoms with Crippen molar-refractivity contribution in [2.45, 2.75) is 32.6 Å². The maximum Gasteiger partial charge on any atom is 0.129 e. The summed E-state index contributed by atoms with van der Waals surface area (Å²) in [7, 11) is 0. The van der Waals surface area contributed by atoms with E-state index in [1.807, 2.05) is 13.0 Å². The van der Waals surface area contributed by atoms with Crippen molar-refractivity contribution in [2.75, 3.05) is 13.2 Å². The number of aromatic hydroxyl groups is 1. The summed E-state index contributed by atoms with van der Waals surface area (Å²) in [4.78, 5) is 0. The largest absolute Gasteiger partial charge is 0.508 e. The van der Waals surface area contributed by atoms with Gasteiger partial charge < -0.3 is 14.9 Å². The Kier molecular flexibility index (Phi) is 3.89. The number of phenols is 1. The van der Waals surface area contributed by atoms with Gasteiger partial charge in [-0.25, -0.2) is 0 Å². The molecule has 17 heavy (non-hydrogen) atoms. The zero-order valence-electron chi connectivity index (χ0n) is 10.3. The number of aliphatic hydroxyl groups is 1. The summed E-state index contributed by atoms with van der Waals surface area (Å²) in [5, 5.41) is 18.9. The second-order valence-electron chi connectivity index (χ2n) is 4.83. The number of aliphatic hydroxyl groups excluding tert-OH is 1. The second-order valence-corrected chi connectivity index (χ2v) is 4.83. The molecule has 1 aliphatic rings. The monoisotopic (exact) mass is 236 g/mol. The molecule has 0 spiro atoms. The van der Waals surface area contributed by atoms with E-state index in [0.29, 0.717) is 5.75 Å². The van der Waals surface area contributed by atoms with Crippen molar-refractivity contribution < 1.29 is 14.9 Å². The molecule has 0 radical (unpaired) electrons. The number of hydrogen-bond donors (Lipinski definition) is 2. The fourth-order valence-electron chi connectivity index (χ4n) is 2.20. The van der Waals surface area contributed by atoms with E-state index in [1.165, 1.54) is 5.56 Å². The molecule has 3 heteroatoms. The zero-order chi connectivity index (χ0) is 12.3. The summed E-state index contributed by atoms with van der Waals surface area (Å²) < 4.78 is 5.68. The lowest BCUT2D eigenvalue weighted by Gasteiger charge is -2.21. The topological polar surface area (TPSA) is 49.7 Å². The Morgan fingerprint density at radius 3 is 3.00 bits per heavy atom. The van der Waals surface area contributed by atoms with Gasteiger partial charge in [-0.05, 0) is 43.2 Å². The number of fused-ring (bicyclic) bond motifs is 1. The van der Waals surface area contributed by atoms with Gasteiger partial charge in [0.25, 0.3) is 0 Å². The van der Waals surface area contributed by atoms with Crippen molar-refractivity contribution in [3.8, 4) is 11.5 Å². The first-order valence-electron chi connectivity index (χ1n) is 6.29. The van der Waals surface area contributed by atoms with Gasteiger partial charge in [-0.15, -0.1) is 0 Å². The summed E-state index contributed by atoms with van der Waals surface area (Å²) in [6, 6.07) is 3.70. The van der Waals surface area contributed by atoms with Crippen molar-refractivity contribution in [2.24, 2.45) is 5.92 Å². The van der Waals surface area contributed by atoms with Crippen molar-refractivity contribution in [3.63, 3.8) is 0 Å². The van der Waals surface area contributed by atoms with Crippen molar-refractivity contribution in [1.29, 1.82) is 0 Å². The molecule has 0 aliphatic carbocycles. The number of ether oxygens (including phenoxy) is 1. The van der Waals surface area contributed by atoms with Crippen LogP contribution in [0.1, 0.15) is 30.9 Å².